The number of nitrogens with zero attached hydrogens (tertiary/aromatic N) is 2. The normalized spacial score (nSPS) is 22.7. The van der Waals surface area contributed by atoms with Crippen LogP contribution in [-0.2, 0) is 4.74 Å². The first kappa shape index (κ1) is 15.1. The summed E-state index contributed by atoms with van der Waals surface area (Å²) in [7, 11) is 0. The molecule has 1 fully saturated rings. The predicted molar refractivity (Wildman–Crippen MR) is 79.2 cm³/mol. The van der Waals surface area contributed by atoms with Crippen LogP contribution >= 0.6 is 11.6 Å². The molecule has 20 heavy (non-hydrogen) atoms. The number of morpholine rings is 1. The van der Waals surface area contributed by atoms with Gasteiger partial charge in [-0.1, -0.05) is 18.5 Å². The van der Waals surface area contributed by atoms with E-state index in [0.29, 0.717) is 36.1 Å². The summed E-state index contributed by atoms with van der Waals surface area (Å²) >= 11 is 6.14. The van der Waals surface area contributed by atoms with Gasteiger partial charge in [0, 0.05) is 12.7 Å². The zero-order valence-electron chi connectivity index (χ0n) is 12.1. The molecule has 1 N–H and O–H groups in total. The Hall–Kier alpha value is -1.33. The number of rotatable bonds is 2. The molecule has 0 bridgehead atoms. The second kappa shape index (κ2) is 5.97. The fourth-order valence-corrected chi connectivity index (χ4v) is 2.32. The van der Waals surface area contributed by atoms with E-state index in [2.05, 4.69) is 17.2 Å². The Morgan fingerprint density at radius 3 is 3.10 bits per heavy atom. The van der Waals surface area contributed by atoms with Gasteiger partial charge >= 0.3 is 6.03 Å². The number of amides is 2. The molecule has 1 atom stereocenters. The van der Waals surface area contributed by atoms with E-state index in [4.69, 9.17) is 16.3 Å². The van der Waals surface area contributed by atoms with Crippen LogP contribution in [0.1, 0.15) is 26.0 Å². The van der Waals surface area contributed by atoms with E-state index in [1.807, 2.05) is 6.92 Å². The van der Waals surface area contributed by atoms with Crippen LogP contribution in [0.15, 0.2) is 12.3 Å². The van der Waals surface area contributed by atoms with Crippen LogP contribution in [-0.4, -0.2) is 41.2 Å². The highest BCUT2D eigenvalue weighted by molar-refractivity contribution is 6.34. The van der Waals surface area contributed by atoms with Gasteiger partial charge in [0.2, 0.25) is 0 Å². The average molecular weight is 298 g/mol. The van der Waals surface area contributed by atoms with Crippen molar-refractivity contribution in [3.8, 4) is 0 Å². The minimum absolute atomic E-state index is 0.152. The van der Waals surface area contributed by atoms with Crippen molar-refractivity contribution in [2.45, 2.75) is 32.8 Å². The molecule has 2 amide bonds. The van der Waals surface area contributed by atoms with Crippen molar-refractivity contribution >= 4 is 23.3 Å². The first-order valence-electron chi connectivity index (χ1n) is 6.76. The van der Waals surface area contributed by atoms with E-state index in [0.717, 1.165) is 6.42 Å². The van der Waals surface area contributed by atoms with Gasteiger partial charge in [-0.3, -0.25) is 4.98 Å². The summed E-state index contributed by atoms with van der Waals surface area (Å²) in [6.45, 7) is 7.61. The number of aryl methyl sites for hydroxylation is 1. The Labute approximate surface area is 124 Å². The summed E-state index contributed by atoms with van der Waals surface area (Å²) in [4.78, 5) is 18.2. The molecule has 1 aromatic rings. The summed E-state index contributed by atoms with van der Waals surface area (Å²) in [6, 6.07) is 1.55. The third-order valence-corrected chi connectivity index (χ3v) is 4.15. The SMILES string of the molecule is CCC1(C)CN(C(=O)Nc2ccnc(C)c2Cl)CCO1. The van der Waals surface area contributed by atoms with Gasteiger partial charge < -0.3 is 15.0 Å². The molecule has 110 valence electrons. The number of carbonyl (C=O) groups excluding carboxylic acids is 1. The monoisotopic (exact) mass is 297 g/mol. The Morgan fingerprint density at radius 1 is 1.65 bits per heavy atom. The molecule has 0 saturated carbocycles. The molecule has 1 saturated heterocycles. The van der Waals surface area contributed by atoms with E-state index in [1.165, 1.54) is 0 Å². The van der Waals surface area contributed by atoms with E-state index >= 15 is 0 Å². The lowest BCUT2D eigenvalue weighted by Gasteiger charge is -2.39. The van der Waals surface area contributed by atoms with Crippen molar-refractivity contribution in [2.24, 2.45) is 0 Å². The van der Waals surface area contributed by atoms with Gasteiger partial charge in [0.25, 0.3) is 0 Å². The Kier molecular flexibility index (Phi) is 4.50. The minimum atomic E-state index is -0.270. The first-order valence-corrected chi connectivity index (χ1v) is 7.14. The molecule has 2 heterocycles. The minimum Gasteiger partial charge on any atom is -0.372 e. The molecule has 0 aliphatic carbocycles. The third-order valence-electron chi connectivity index (χ3n) is 3.68. The lowest BCUT2D eigenvalue weighted by Crippen LogP contribution is -2.53. The maximum absolute atomic E-state index is 12.3. The molecule has 6 heteroatoms. The maximum atomic E-state index is 12.3. The fraction of sp³-hybridized carbons (Fsp3) is 0.571. The second-order valence-electron chi connectivity index (χ2n) is 5.26. The van der Waals surface area contributed by atoms with Crippen molar-refractivity contribution < 1.29 is 9.53 Å². The number of hydrogen-bond acceptors (Lipinski definition) is 3. The Morgan fingerprint density at radius 2 is 2.40 bits per heavy atom. The van der Waals surface area contributed by atoms with Crippen LogP contribution in [0.3, 0.4) is 0 Å². The van der Waals surface area contributed by atoms with Gasteiger partial charge in [0.1, 0.15) is 0 Å². The largest absolute Gasteiger partial charge is 0.372 e. The van der Waals surface area contributed by atoms with Gasteiger partial charge in [-0.05, 0) is 26.3 Å². The number of ether oxygens (including phenoxy) is 1. The molecule has 1 aliphatic rings. The Balaban J connectivity index is 2.06. The van der Waals surface area contributed by atoms with Gasteiger partial charge in [-0.25, -0.2) is 4.79 Å². The number of hydrogen-bond donors (Lipinski definition) is 1. The topological polar surface area (TPSA) is 54.5 Å². The number of carbonyl (C=O) groups is 1. The van der Waals surface area contributed by atoms with Crippen molar-refractivity contribution in [1.29, 1.82) is 0 Å². The highest BCUT2D eigenvalue weighted by Gasteiger charge is 2.32. The highest BCUT2D eigenvalue weighted by atomic mass is 35.5. The summed E-state index contributed by atoms with van der Waals surface area (Å²) in [6.07, 6.45) is 2.50. The molecular formula is C14H20ClN3O2. The molecule has 1 unspecified atom stereocenters. The van der Waals surface area contributed by atoms with Crippen LogP contribution in [0.5, 0.6) is 0 Å². The van der Waals surface area contributed by atoms with Crippen LogP contribution in [0.25, 0.3) is 0 Å². The van der Waals surface area contributed by atoms with E-state index < -0.39 is 0 Å². The third kappa shape index (κ3) is 3.22. The second-order valence-corrected chi connectivity index (χ2v) is 5.64. The lowest BCUT2D eigenvalue weighted by molar-refractivity contribution is -0.0860. The van der Waals surface area contributed by atoms with Gasteiger partial charge in [-0.2, -0.15) is 0 Å². The molecule has 5 nitrogen and oxygen atoms in total. The van der Waals surface area contributed by atoms with Crippen LogP contribution in [0, 0.1) is 6.92 Å². The fourth-order valence-electron chi connectivity index (χ4n) is 2.16. The van der Waals surface area contributed by atoms with Crippen molar-refractivity contribution in [1.82, 2.24) is 9.88 Å². The number of pyridine rings is 1. The molecule has 1 aromatic heterocycles. The van der Waals surface area contributed by atoms with Gasteiger partial charge in [-0.15, -0.1) is 0 Å². The van der Waals surface area contributed by atoms with Crippen molar-refractivity contribution in [3.63, 3.8) is 0 Å². The molecule has 0 spiro atoms. The van der Waals surface area contributed by atoms with Crippen molar-refractivity contribution in [2.75, 3.05) is 25.0 Å². The zero-order valence-corrected chi connectivity index (χ0v) is 12.8. The average Bonchev–Trinajstić information content (AvgIpc) is 2.44. The van der Waals surface area contributed by atoms with Gasteiger partial charge in [0.15, 0.2) is 0 Å². The maximum Gasteiger partial charge on any atom is 0.322 e. The first-order chi connectivity index (χ1) is 9.45. The molecule has 2 rings (SSSR count). The van der Waals surface area contributed by atoms with E-state index in [9.17, 15) is 4.79 Å². The van der Waals surface area contributed by atoms with Crippen LogP contribution in [0.2, 0.25) is 5.02 Å². The summed E-state index contributed by atoms with van der Waals surface area (Å²) in [5, 5.41) is 3.32. The molecule has 0 radical (unpaired) electrons. The number of anilines is 1. The number of halogens is 1. The summed E-state index contributed by atoms with van der Waals surface area (Å²) < 4.78 is 5.73. The predicted octanol–water partition coefficient (Wildman–Crippen LogP) is 3.08. The van der Waals surface area contributed by atoms with Crippen LogP contribution in [0.4, 0.5) is 10.5 Å². The lowest BCUT2D eigenvalue weighted by atomic mass is 10.0. The number of nitrogens with one attached hydrogen (secondary N) is 1. The van der Waals surface area contributed by atoms with Crippen LogP contribution < -0.4 is 5.32 Å². The molecular weight excluding hydrogens is 278 g/mol. The molecule has 1 aliphatic heterocycles. The van der Waals surface area contributed by atoms with E-state index in [1.54, 1.807) is 24.1 Å². The quantitative estimate of drug-likeness (QED) is 0.912. The highest BCUT2D eigenvalue weighted by Crippen LogP contribution is 2.25. The van der Waals surface area contributed by atoms with E-state index in [-0.39, 0.29) is 11.6 Å². The Bertz CT molecular complexity index is 509. The number of aromatic nitrogens is 1. The standard InChI is InChI=1S/C14H20ClN3O2/c1-4-14(3)9-18(7-8-20-14)13(19)17-11-5-6-16-10(2)12(11)15/h5-6H,4,7-9H2,1-3H3,(H,16,17,19). The van der Waals surface area contributed by atoms with Crippen molar-refractivity contribution in [3.05, 3.63) is 23.0 Å². The summed E-state index contributed by atoms with van der Waals surface area (Å²) in [5.41, 5.74) is 1.02. The smallest absolute Gasteiger partial charge is 0.322 e. The summed E-state index contributed by atoms with van der Waals surface area (Å²) in [5.74, 6) is 0. The molecule has 0 aromatic carbocycles. The number of urea groups is 1. The zero-order chi connectivity index (χ0) is 14.8. The van der Waals surface area contributed by atoms with Gasteiger partial charge in [0.05, 0.1) is 35.2 Å².